The normalized spacial score (nSPS) is 10.8. The summed E-state index contributed by atoms with van der Waals surface area (Å²) in [6.07, 6.45) is -1.96. The fourth-order valence-electron chi connectivity index (χ4n) is 1.19. The average Bonchev–Trinajstić information content (AvgIpc) is 2.19. The van der Waals surface area contributed by atoms with Crippen LogP contribution in [0.4, 0.5) is 8.78 Å². The third-order valence-electron chi connectivity index (χ3n) is 1.89. The van der Waals surface area contributed by atoms with E-state index in [0.717, 1.165) is 0 Å². The molecule has 0 saturated heterocycles. The van der Waals surface area contributed by atoms with E-state index in [1.165, 1.54) is 6.20 Å². The van der Waals surface area contributed by atoms with Crippen LogP contribution in [0.15, 0.2) is 10.7 Å². The minimum atomic E-state index is -2.72. The predicted molar refractivity (Wildman–Crippen MR) is 57.8 cm³/mol. The molecule has 0 fully saturated rings. The van der Waals surface area contributed by atoms with E-state index in [9.17, 15) is 13.6 Å². The van der Waals surface area contributed by atoms with Crippen LogP contribution < -0.4 is 0 Å². The van der Waals surface area contributed by atoms with Crippen LogP contribution in [0.3, 0.4) is 0 Å². The molecule has 1 rings (SSSR count). The SMILES string of the molecule is O=C(O)Cc1ncc(CCl)c(C(F)F)c1Br. The Hall–Kier alpha value is -0.750. The van der Waals surface area contributed by atoms with E-state index in [0.29, 0.717) is 0 Å². The van der Waals surface area contributed by atoms with E-state index in [-0.39, 0.29) is 27.2 Å². The fourth-order valence-corrected chi connectivity index (χ4v) is 2.07. The van der Waals surface area contributed by atoms with Crippen molar-refractivity contribution in [2.24, 2.45) is 0 Å². The van der Waals surface area contributed by atoms with Gasteiger partial charge >= 0.3 is 5.97 Å². The smallest absolute Gasteiger partial charge is 0.309 e. The molecule has 0 aromatic carbocycles. The Bertz CT molecular complexity index is 415. The molecule has 0 atom stereocenters. The summed E-state index contributed by atoms with van der Waals surface area (Å²) in [5.41, 5.74) is -0.0319. The van der Waals surface area contributed by atoms with Gasteiger partial charge in [0.1, 0.15) is 0 Å². The second-order valence-corrected chi connectivity index (χ2v) is 4.02. The summed E-state index contributed by atoms with van der Waals surface area (Å²) in [4.78, 5) is 14.3. The van der Waals surface area contributed by atoms with Crippen molar-refractivity contribution in [2.75, 3.05) is 0 Å². The monoisotopic (exact) mass is 313 g/mol. The van der Waals surface area contributed by atoms with Gasteiger partial charge in [-0.3, -0.25) is 9.78 Å². The van der Waals surface area contributed by atoms with Crippen molar-refractivity contribution in [3.8, 4) is 0 Å². The van der Waals surface area contributed by atoms with Gasteiger partial charge in [-0.05, 0) is 21.5 Å². The molecule has 0 amide bonds. The number of carboxylic acids is 1. The van der Waals surface area contributed by atoms with Crippen molar-refractivity contribution in [2.45, 2.75) is 18.7 Å². The maximum absolute atomic E-state index is 12.7. The lowest BCUT2D eigenvalue weighted by molar-refractivity contribution is -0.136. The summed E-state index contributed by atoms with van der Waals surface area (Å²) in [6, 6.07) is 0. The minimum absolute atomic E-state index is 0.0167. The third-order valence-corrected chi connectivity index (χ3v) is 3.07. The minimum Gasteiger partial charge on any atom is -0.481 e. The van der Waals surface area contributed by atoms with Gasteiger partial charge in [-0.15, -0.1) is 11.6 Å². The van der Waals surface area contributed by atoms with Gasteiger partial charge in [0, 0.05) is 22.1 Å². The second-order valence-electron chi connectivity index (χ2n) is 2.96. The quantitative estimate of drug-likeness (QED) is 0.869. The molecule has 1 aromatic rings. The lowest BCUT2D eigenvalue weighted by Crippen LogP contribution is -2.07. The van der Waals surface area contributed by atoms with Gasteiger partial charge in [0.25, 0.3) is 6.43 Å². The number of halogens is 4. The van der Waals surface area contributed by atoms with Crippen molar-refractivity contribution < 1.29 is 18.7 Å². The zero-order chi connectivity index (χ0) is 12.3. The van der Waals surface area contributed by atoms with Crippen LogP contribution in [0.2, 0.25) is 0 Å². The van der Waals surface area contributed by atoms with Crippen LogP contribution in [-0.4, -0.2) is 16.1 Å². The Morgan fingerprint density at radius 1 is 1.62 bits per heavy atom. The first-order chi connectivity index (χ1) is 7.47. The maximum atomic E-state index is 12.7. The first-order valence-corrected chi connectivity index (χ1v) is 5.52. The first-order valence-electron chi connectivity index (χ1n) is 4.19. The van der Waals surface area contributed by atoms with E-state index >= 15 is 0 Å². The molecule has 0 spiro atoms. The van der Waals surface area contributed by atoms with Gasteiger partial charge in [0.05, 0.1) is 12.1 Å². The highest BCUT2D eigenvalue weighted by atomic mass is 79.9. The van der Waals surface area contributed by atoms with Crippen LogP contribution in [0.5, 0.6) is 0 Å². The first kappa shape index (κ1) is 13.3. The average molecular weight is 315 g/mol. The van der Waals surface area contributed by atoms with E-state index in [4.69, 9.17) is 16.7 Å². The Labute approximate surface area is 104 Å². The summed E-state index contributed by atoms with van der Waals surface area (Å²) >= 11 is 8.43. The summed E-state index contributed by atoms with van der Waals surface area (Å²) < 4.78 is 25.5. The molecule has 16 heavy (non-hydrogen) atoms. The predicted octanol–water partition coefficient (Wildman–Crippen LogP) is 3.15. The Morgan fingerprint density at radius 2 is 2.25 bits per heavy atom. The molecule has 1 aromatic heterocycles. The maximum Gasteiger partial charge on any atom is 0.309 e. The number of carbonyl (C=O) groups is 1. The highest BCUT2D eigenvalue weighted by Gasteiger charge is 2.20. The largest absolute Gasteiger partial charge is 0.481 e. The number of alkyl halides is 3. The van der Waals surface area contributed by atoms with Crippen LogP contribution in [0, 0.1) is 0 Å². The number of nitrogens with zero attached hydrogens (tertiary/aromatic N) is 1. The van der Waals surface area contributed by atoms with Crippen molar-refractivity contribution in [3.63, 3.8) is 0 Å². The van der Waals surface area contributed by atoms with Gasteiger partial charge in [-0.2, -0.15) is 0 Å². The molecule has 7 heteroatoms. The second kappa shape index (κ2) is 5.54. The highest BCUT2D eigenvalue weighted by Crippen LogP contribution is 2.33. The van der Waals surface area contributed by atoms with Crippen molar-refractivity contribution >= 4 is 33.5 Å². The Balaban J connectivity index is 3.26. The molecule has 3 nitrogen and oxygen atoms in total. The molecule has 0 bridgehead atoms. The van der Waals surface area contributed by atoms with E-state index in [1.54, 1.807) is 0 Å². The topological polar surface area (TPSA) is 50.2 Å². The lowest BCUT2D eigenvalue weighted by Gasteiger charge is -2.11. The Morgan fingerprint density at radius 3 is 2.69 bits per heavy atom. The highest BCUT2D eigenvalue weighted by molar-refractivity contribution is 9.10. The summed E-state index contributed by atoms with van der Waals surface area (Å²) in [5, 5.41) is 8.57. The van der Waals surface area contributed by atoms with Gasteiger partial charge < -0.3 is 5.11 Å². The molecule has 0 radical (unpaired) electrons. The lowest BCUT2D eigenvalue weighted by atomic mass is 10.1. The van der Waals surface area contributed by atoms with E-state index in [1.807, 2.05) is 0 Å². The van der Waals surface area contributed by atoms with Gasteiger partial charge in [0.2, 0.25) is 0 Å². The van der Waals surface area contributed by atoms with Crippen LogP contribution >= 0.6 is 27.5 Å². The van der Waals surface area contributed by atoms with Crippen molar-refractivity contribution in [3.05, 3.63) is 27.5 Å². The number of hydrogen-bond donors (Lipinski definition) is 1. The van der Waals surface area contributed by atoms with Crippen LogP contribution in [-0.2, 0) is 17.1 Å². The van der Waals surface area contributed by atoms with Gasteiger partial charge in [0.15, 0.2) is 0 Å². The number of carboxylic acid groups (broad SMARTS) is 1. The summed E-state index contributed by atoms with van der Waals surface area (Å²) in [7, 11) is 0. The molecule has 0 aliphatic heterocycles. The summed E-state index contributed by atoms with van der Waals surface area (Å²) in [6.45, 7) is 0. The molecular weight excluding hydrogens is 307 g/mol. The van der Waals surface area contributed by atoms with E-state index in [2.05, 4.69) is 20.9 Å². The molecule has 0 aliphatic rings. The summed E-state index contributed by atoms with van der Waals surface area (Å²) in [5.74, 6) is -1.23. The number of aromatic nitrogens is 1. The molecule has 1 N–H and O–H groups in total. The van der Waals surface area contributed by atoms with Gasteiger partial charge in [-0.1, -0.05) is 0 Å². The standard InChI is InChI=1S/C9H7BrClF2NO2/c10-8-5(1-6(15)16)14-3-4(2-11)7(8)9(12)13/h3,9H,1-2H2,(H,15,16). The molecule has 88 valence electrons. The van der Waals surface area contributed by atoms with Crippen LogP contribution in [0.25, 0.3) is 0 Å². The number of aliphatic carboxylic acids is 1. The van der Waals surface area contributed by atoms with Crippen molar-refractivity contribution in [1.82, 2.24) is 4.98 Å². The number of pyridine rings is 1. The fraction of sp³-hybridized carbons (Fsp3) is 0.333. The van der Waals surface area contributed by atoms with Crippen LogP contribution in [0.1, 0.15) is 23.2 Å². The molecule has 0 unspecified atom stereocenters. The van der Waals surface area contributed by atoms with Crippen molar-refractivity contribution in [1.29, 1.82) is 0 Å². The Kier molecular flexibility index (Phi) is 4.61. The molecule has 0 saturated carbocycles. The zero-order valence-corrected chi connectivity index (χ0v) is 10.2. The molecule has 0 aliphatic carbocycles. The van der Waals surface area contributed by atoms with E-state index < -0.39 is 18.8 Å². The number of hydrogen-bond acceptors (Lipinski definition) is 2. The number of rotatable bonds is 4. The zero-order valence-electron chi connectivity index (χ0n) is 7.88. The third kappa shape index (κ3) is 2.89. The molecular formula is C9H7BrClF2NO2. The molecule has 1 heterocycles. The van der Waals surface area contributed by atoms with Gasteiger partial charge in [-0.25, -0.2) is 8.78 Å².